The first-order chi connectivity index (χ1) is 15.7. The molecular weight excluding hydrogens is 422 g/mol. The second kappa shape index (κ2) is 9.43. The Balaban J connectivity index is 1.27. The van der Waals surface area contributed by atoms with E-state index < -0.39 is 16.9 Å². The molecule has 1 aromatic heterocycles. The third-order valence-electron chi connectivity index (χ3n) is 6.14. The summed E-state index contributed by atoms with van der Waals surface area (Å²) in [5, 5.41) is 0. The maximum Gasteiger partial charge on any atom is 0.410 e. The quantitative estimate of drug-likeness (QED) is 0.757. The lowest BCUT2D eigenvalue weighted by Gasteiger charge is -2.36. The highest BCUT2D eigenvalue weighted by Crippen LogP contribution is 2.25. The first kappa shape index (κ1) is 23.1. The number of hydrogen-bond donors (Lipinski definition) is 1. The number of rotatable bonds is 4. The standard InChI is InChI=1S/C24H33N5O4/c1-24(2,3)33-23(32)27-14-12-26(13-15-27)16-18-8-10-28(17-18)19-4-6-20(7-5-19)29-11-9-21(30)25-22(29)31/h4-7,9,11,18H,8,10,12-17H2,1-3H3,(H,25,30,31)/t18-/m1/s1. The molecule has 2 aliphatic heterocycles. The molecule has 1 atom stereocenters. The summed E-state index contributed by atoms with van der Waals surface area (Å²) in [5.41, 5.74) is 0.549. The maximum atomic E-state index is 12.3. The van der Waals surface area contributed by atoms with Crippen LogP contribution in [0.4, 0.5) is 10.5 Å². The maximum absolute atomic E-state index is 12.3. The Morgan fingerprint density at radius 2 is 1.67 bits per heavy atom. The zero-order valence-electron chi connectivity index (χ0n) is 19.6. The van der Waals surface area contributed by atoms with Crippen molar-refractivity contribution in [1.29, 1.82) is 0 Å². The molecule has 9 nitrogen and oxygen atoms in total. The minimum atomic E-state index is -0.463. The Labute approximate surface area is 193 Å². The number of H-pyrrole nitrogens is 1. The zero-order valence-corrected chi connectivity index (χ0v) is 19.6. The van der Waals surface area contributed by atoms with Crippen LogP contribution in [0.3, 0.4) is 0 Å². The number of aromatic nitrogens is 2. The van der Waals surface area contributed by atoms with Crippen LogP contribution in [0.25, 0.3) is 5.69 Å². The molecule has 0 aliphatic carbocycles. The van der Waals surface area contributed by atoms with Crippen molar-refractivity contribution in [2.45, 2.75) is 32.8 Å². The van der Waals surface area contributed by atoms with Gasteiger partial charge in [-0.3, -0.25) is 19.2 Å². The predicted molar refractivity (Wildman–Crippen MR) is 127 cm³/mol. The van der Waals surface area contributed by atoms with Crippen molar-refractivity contribution in [2.24, 2.45) is 5.92 Å². The molecule has 0 spiro atoms. The van der Waals surface area contributed by atoms with E-state index in [0.29, 0.717) is 19.0 Å². The molecule has 178 valence electrons. The van der Waals surface area contributed by atoms with E-state index in [2.05, 4.69) is 14.8 Å². The van der Waals surface area contributed by atoms with Gasteiger partial charge in [0.15, 0.2) is 0 Å². The van der Waals surface area contributed by atoms with Crippen molar-refractivity contribution in [3.8, 4) is 5.69 Å². The fraction of sp³-hybridized carbons (Fsp3) is 0.542. The van der Waals surface area contributed by atoms with E-state index in [0.717, 1.165) is 50.5 Å². The zero-order chi connectivity index (χ0) is 23.6. The van der Waals surface area contributed by atoms with Gasteiger partial charge in [0.25, 0.3) is 5.56 Å². The fourth-order valence-electron chi connectivity index (χ4n) is 4.47. The van der Waals surface area contributed by atoms with Crippen LogP contribution in [0.2, 0.25) is 0 Å². The van der Waals surface area contributed by atoms with Crippen LogP contribution < -0.4 is 16.1 Å². The Morgan fingerprint density at radius 1 is 1.00 bits per heavy atom. The van der Waals surface area contributed by atoms with Crippen molar-refractivity contribution in [1.82, 2.24) is 19.4 Å². The number of benzene rings is 1. The summed E-state index contributed by atoms with van der Waals surface area (Å²) >= 11 is 0. The summed E-state index contributed by atoms with van der Waals surface area (Å²) in [6.07, 6.45) is 2.40. The number of ether oxygens (including phenoxy) is 1. The number of aromatic amines is 1. The summed E-state index contributed by atoms with van der Waals surface area (Å²) in [7, 11) is 0. The van der Waals surface area contributed by atoms with E-state index in [1.165, 1.54) is 16.8 Å². The number of nitrogens with zero attached hydrogens (tertiary/aromatic N) is 4. The normalized spacial score (nSPS) is 19.7. The number of carbonyl (C=O) groups is 1. The smallest absolute Gasteiger partial charge is 0.410 e. The highest BCUT2D eigenvalue weighted by Gasteiger charge is 2.29. The minimum absolute atomic E-state index is 0.221. The number of amides is 1. The molecule has 0 saturated carbocycles. The molecule has 2 aliphatic rings. The molecule has 1 aromatic carbocycles. The van der Waals surface area contributed by atoms with Gasteiger partial charge in [0, 0.05) is 63.8 Å². The van der Waals surface area contributed by atoms with E-state index in [1.807, 2.05) is 45.0 Å². The lowest BCUT2D eigenvalue weighted by atomic mass is 10.1. The monoisotopic (exact) mass is 455 g/mol. The van der Waals surface area contributed by atoms with E-state index in [4.69, 9.17) is 4.74 Å². The first-order valence-electron chi connectivity index (χ1n) is 11.6. The number of nitrogens with one attached hydrogen (secondary N) is 1. The van der Waals surface area contributed by atoms with Gasteiger partial charge in [-0.2, -0.15) is 0 Å². The lowest BCUT2D eigenvalue weighted by molar-refractivity contribution is 0.0135. The molecule has 33 heavy (non-hydrogen) atoms. The van der Waals surface area contributed by atoms with Crippen molar-refractivity contribution in [3.05, 3.63) is 57.4 Å². The van der Waals surface area contributed by atoms with Crippen LogP contribution in [-0.2, 0) is 4.74 Å². The van der Waals surface area contributed by atoms with Crippen LogP contribution >= 0.6 is 0 Å². The summed E-state index contributed by atoms with van der Waals surface area (Å²) in [6.45, 7) is 11.9. The van der Waals surface area contributed by atoms with Crippen LogP contribution in [-0.4, -0.2) is 76.9 Å². The Bertz CT molecular complexity index is 1080. The molecule has 0 bridgehead atoms. The molecule has 0 unspecified atom stereocenters. The number of piperazine rings is 1. The lowest BCUT2D eigenvalue weighted by Crippen LogP contribution is -2.51. The highest BCUT2D eigenvalue weighted by atomic mass is 16.6. The molecule has 0 radical (unpaired) electrons. The van der Waals surface area contributed by atoms with Crippen molar-refractivity contribution < 1.29 is 9.53 Å². The first-order valence-corrected chi connectivity index (χ1v) is 11.6. The van der Waals surface area contributed by atoms with Crippen molar-refractivity contribution in [2.75, 3.05) is 50.7 Å². The third kappa shape index (κ3) is 5.84. The van der Waals surface area contributed by atoms with E-state index in [9.17, 15) is 14.4 Å². The van der Waals surface area contributed by atoms with Gasteiger partial charge in [0.2, 0.25) is 0 Å². The number of hydrogen-bond acceptors (Lipinski definition) is 6. The van der Waals surface area contributed by atoms with Crippen LogP contribution in [0, 0.1) is 5.92 Å². The molecule has 1 amide bonds. The SMILES string of the molecule is CC(C)(C)OC(=O)N1CCN(C[C@H]2CCN(c3ccc(-n4ccc(=O)[nH]c4=O)cc3)C2)CC1. The Morgan fingerprint density at radius 3 is 2.30 bits per heavy atom. The second-order valence-electron chi connectivity index (χ2n) is 9.87. The molecule has 2 aromatic rings. The van der Waals surface area contributed by atoms with E-state index in [1.54, 1.807) is 4.90 Å². The average Bonchev–Trinajstić information content (AvgIpc) is 3.22. The largest absolute Gasteiger partial charge is 0.444 e. The molecular formula is C24H33N5O4. The molecule has 1 N–H and O–H groups in total. The third-order valence-corrected chi connectivity index (χ3v) is 6.14. The summed E-state index contributed by atoms with van der Waals surface area (Å²) in [4.78, 5) is 44.4. The van der Waals surface area contributed by atoms with Gasteiger partial charge in [-0.1, -0.05) is 0 Å². The van der Waals surface area contributed by atoms with Gasteiger partial charge in [-0.05, 0) is 57.4 Å². The number of anilines is 1. The fourth-order valence-corrected chi connectivity index (χ4v) is 4.47. The number of carbonyl (C=O) groups excluding carboxylic acids is 1. The summed E-state index contributed by atoms with van der Waals surface area (Å²) in [6, 6.07) is 9.19. The van der Waals surface area contributed by atoms with E-state index in [-0.39, 0.29) is 6.09 Å². The van der Waals surface area contributed by atoms with E-state index >= 15 is 0 Å². The van der Waals surface area contributed by atoms with Crippen LogP contribution in [0.5, 0.6) is 0 Å². The Kier molecular flexibility index (Phi) is 6.60. The van der Waals surface area contributed by atoms with Crippen LogP contribution in [0.1, 0.15) is 27.2 Å². The molecule has 2 fully saturated rings. The summed E-state index contributed by atoms with van der Waals surface area (Å²) < 4.78 is 6.91. The van der Waals surface area contributed by atoms with Crippen molar-refractivity contribution >= 4 is 11.8 Å². The van der Waals surface area contributed by atoms with Crippen molar-refractivity contribution in [3.63, 3.8) is 0 Å². The van der Waals surface area contributed by atoms with Crippen LogP contribution in [0.15, 0.2) is 46.1 Å². The average molecular weight is 456 g/mol. The van der Waals surface area contributed by atoms with Gasteiger partial charge in [0.05, 0.1) is 5.69 Å². The van der Waals surface area contributed by atoms with Gasteiger partial charge < -0.3 is 14.5 Å². The van der Waals surface area contributed by atoms with Gasteiger partial charge in [-0.15, -0.1) is 0 Å². The predicted octanol–water partition coefficient (Wildman–Crippen LogP) is 1.90. The highest BCUT2D eigenvalue weighted by molar-refractivity contribution is 5.68. The van der Waals surface area contributed by atoms with Gasteiger partial charge in [0.1, 0.15) is 5.60 Å². The summed E-state index contributed by atoms with van der Waals surface area (Å²) in [5.74, 6) is 0.583. The second-order valence-corrected chi connectivity index (χ2v) is 9.87. The van der Waals surface area contributed by atoms with Gasteiger partial charge in [-0.25, -0.2) is 9.59 Å². The topological polar surface area (TPSA) is 90.9 Å². The molecule has 2 saturated heterocycles. The molecule has 3 heterocycles. The molecule has 4 rings (SSSR count). The minimum Gasteiger partial charge on any atom is -0.444 e. The molecule has 9 heteroatoms. The Hall–Kier alpha value is -3.07. The van der Waals surface area contributed by atoms with Gasteiger partial charge >= 0.3 is 11.8 Å².